The third-order valence-electron chi connectivity index (χ3n) is 4.00. The van der Waals surface area contributed by atoms with E-state index in [1.807, 2.05) is 31.2 Å². The molecule has 1 heterocycles. The van der Waals surface area contributed by atoms with E-state index in [0.29, 0.717) is 5.69 Å². The lowest BCUT2D eigenvalue weighted by molar-refractivity contribution is 0.595. The molecule has 0 saturated heterocycles. The van der Waals surface area contributed by atoms with Crippen LogP contribution in [0, 0.1) is 0 Å². The summed E-state index contributed by atoms with van der Waals surface area (Å²) in [5.41, 5.74) is 2.10. The monoisotopic (exact) mass is 354 g/mol. The van der Waals surface area contributed by atoms with Crippen LogP contribution in [0.15, 0.2) is 76.6 Å². The van der Waals surface area contributed by atoms with Gasteiger partial charge in [0, 0.05) is 12.3 Å². The van der Waals surface area contributed by atoms with Crippen LogP contribution in [0.1, 0.15) is 18.1 Å². The van der Waals surface area contributed by atoms with E-state index in [9.17, 15) is 13.2 Å². The molecule has 5 nitrogen and oxygen atoms in total. The van der Waals surface area contributed by atoms with Crippen LogP contribution in [0.2, 0.25) is 0 Å². The summed E-state index contributed by atoms with van der Waals surface area (Å²) < 4.78 is 26.6. The Labute approximate surface area is 146 Å². The molecule has 0 saturated carbocycles. The first kappa shape index (κ1) is 17.1. The summed E-state index contributed by atoms with van der Waals surface area (Å²) in [6.45, 7) is 2.00. The summed E-state index contributed by atoms with van der Waals surface area (Å²) in [4.78, 5) is 12.0. The van der Waals surface area contributed by atoms with Gasteiger partial charge in [0.25, 0.3) is 5.56 Å². The summed E-state index contributed by atoms with van der Waals surface area (Å²) in [5.74, 6) is -0.0418. The van der Waals surface area contributed by atoms with Crippen molar-refractivity contribution in [1.29, 1.82) is 0 Å². The van der Waals surface area contributed by atoms with Crippen molar-refractivity contribution in [3.63, 3.8) is 0 Å². The van der Waals surface area contributed by atoms with Crippen LogP contribution < -0.4 is 5.56 Å². The number of aryl methyl sites for hydroxylation is 1. The third kappa shape index (κ3) is 3.69. The topological polar surface area (TPSA) is 69.0 Å². The van der Waals surface area contributed by atoms with Crippen LogP contribution in [0.3, 0.4) is 0 Å². The molecule has 128 valence electrons. The zero-order valence-electron chi connectivity index (χ0n) is 13.8. The molecule has 0 atom stereocenters. The standard InChI is InChI=1S/C19H18N2O3S/c1-2-15-6-3-4-7-16(15)14-25(23,24)18-11-9-17(10-12-18)21-19(22)8-5-13-20-21/h3-13H,2,14H2,1H3. The van der Waals surface area contributed by atoms with Crippen molar-refractivity contribution in [2.75, 3.05) is 0 Å². The predicted octanol–water partition coefficient (Wildman–Crippen LogP) is 2.77. The van der Waals surface area contributed by atoms with Crippen LogP contribution in [0.25, 0.3) is 5.69 Å². The van der Waals surface area contributed by atoms with Crippen molar-refractivity contribution in [1.82, 2.24) is 9.78 Å². The van der Waals surface area contributed by atoms with Crippen LogP contribution in [-0.2, 0) is 22.0 Å². The van der Waals surface area contributed by atoms with E-state index < -0.39 is 9.84 Å². The summed E-state index contributed by atoms with van der Waals surface area (Å²) in [6.07, 6.45) is 2.29. The first-order chi connectivity index (χ1) is 12.0. The van der Waals surface area contributed by atoms with Crippen molar-refractivity contribution in [2.24, 2.45) is 0 Å². The van der Waals surface area contributed by atoms with Crippen molar-refractivity contribution in [3.8, 4) is 5.69 Å². The molecule has 2 aromatic carbocycles. The molecule has 0 spiro atoms. The van der Waals surface area contributed by atoms with Gasteiger partial charge in [-0.05, 0) is 47.9 Å². The van der Waals surface area contributed by atoms with E-state index in [4.69, 9.17) is 0 Å². The van der Waals surface area contributed by atoms with Crippen LogP contribution >= 0.6 is 0 Å². The molecule has 1 aromatic heterocycles. The van der Waals surface area contributed by atoms with Gasteiger partial charge in [0.15, 0.2) is 9.84 Å². The van der Waals surface area contributed by atoms with Gasteiger partial charge in [-0.3, -0.25) is 4.79 Å². The average Bonchev–Trinajstić information content (AvgIpc) is 2.62. The summed E-state index contributed by atoms with van der Waals surface area (Å²) in [7, 11) is -3.46. The molecule has 0 fully saturated rings. The highest BCUT2D eigenvalue weighted by Gasteiger charge is 2.17. The summed E-state index contributed by atoms with van der Waals surface area (Å²) >= 11 is 0. The van der Waals surface area contributed by atoms with Gasteiger partial charge in [-0.2, -0.15) is 9.78 Å². The van der Waals surface area contributed by atoms with Crippen LogP contribution in [0.5, 0.6) is 0 Å². The normalized spacial score (nSPS) is 11.4. The smallest absolute Gasteiger partial charge is 0.267 e. The van der Waals surface area contributed by atoms with Crippen molar-refractivity contribution < 1.29 is 8.42 Å². The second-order valence-electron chi connectivity index (χ2n) is 5.65. The number of hydrogen-bond acceptors (Lipinski definition) is 4. The molecule has 0 radical (unpaired) electrons. The Bertz CT molecular complexity index is 1040. The van der Waals surface area contributed by atoms with E-state index in [-0.39, 0.29) is 16.2 Å². The fraction of sp³-hybridized carbons (Fsp3) is 0.158. The Morgan fingerprint density at radius 1 is 0.920 bits per heavy atom. The van der Waals surface area contributed by atoms with Gasteiger partial charge in [-0.25, -0.2) is 8.42 Å². The molecule has 3 aromatic rings. The number of rotatable bonds is 5. The molecule has 0 aliphatic rings. The van der Waals surface area contributed by atoms with E-state index in [1.165, 1.54) is 29.1 Å². The maximum Gasteiger partial charge on any atom is 0.271 e. The SMILES string of the molecule is CCc1ccccc1CS(=O)(=O)c1ccc(-n2ncccc2=O)cc1. The quantitative estimate of drug-likeness (QED) is 0.706. The molecule has 3 rings (SSSR count). The number of benzene rings is 2. The Morgan fingerprint density at radius 3 is 2.24 bits per heavy atom. The molecule has 0 bridgehead atoms. The number of nitrogens with zero attached hydrogens (tertiary/aromatic N) is 2. The second-order valence-corrected chi connectivity index (χ2v) is 7.64. The molecule has 0 amide bonds. The summed E-state index contributed by atoms with van der Waals surface area (Å²) in [6, 6.07) is 16.7. The Hall–Kier alpha value is -2.73. The van der Waals surface area contributed by atoms with Gasteiger partial charge < -0.3 is 0 Å². The fourth-order valence-electron chi connectivity index (χ4n) is 2.68. The van der Waals surface area contributed by atoms with Crippen molar-refractivity contribution in [2.45, 2.75) is 24.0 Å². The van der Waals surface area contributed by atoms with Crippen molar-refractivity contribution in [3.05, 3.63) is 88.3 Å². The number of sulfone groups is 1. The predicted molar refractivity (Wildman–Crippen MR) is 96.5 cm³/mol. The number of aromatic nitrogens is 2. The lowest BCUT2D eigenvalue weighted by Crippen LogP contribution is -2.19. The van der Waals surface area contributed by atoms with Gasteiger partial charge in [0.05, 0.1) is 16.3 Å². The van der Waals surface area contributed by atoms with E-state index in [1.54, 1.807) is 18.2 Å². The van der Waals surface area contributed by atoms with Gasteiger partial charge in [0.1, 0.15) is 0 Å². The molecule has 0 N–H and O–H groups in total. The largest absolute Gasteiger partial charge is 0.271 e. The Kier molecular flexibility index (Phi) is 4.81. The molecular weight excluding hydrogens is 336 g/mol. The number of hydrogen-bond donors (Lipinski definition) is 0. The highest BCUT2D eigenvalue weighted by molar-refractivity contribution is 7.90. The van der Waals surface area contributed by atoms with Gasteiger partial charge in [-0.1, -0.05) is 31.2 Å². The molecule has 0 aliphatic heterocycles. The molecule has 0 aliphatic carbocycles. The molecule has 6 heteroatoms. The fourth-order valence-corrected chi connectivity index (χ4v) is 4.09. The second kappa shape index (κ2) is 7.03. The zero-order chi connectivity index (χ0) is 17.9. The minimum Gasteiger partial charge on any atom is -0.267 e. The highest BCUT2D eigenvalue weighted by atomic mass is 32.2. The Balaban J connectivity index is 1.91. The molecular formula is C19H18N2O3S. The average molecular weight is 354 g/mol. The minimum absolute atomic E-state index is 0.0418. The first-order valence-electron chi connectivity index (χ1n) is 7.95. The Morgan fingerprint density at radius 2 is 1.60 bits per heavy atom. The highest BCUT2D eigenvalue weighted by Crippen LogP contribution is 2.20. The van der Waals surface area contributed by atoms with Gasteiger partial charge in [0.2, 0.25) is 0 Å². The van der Waals surface area contributed by atoms with E-state index in [2.05, 4.69) is 5.10 Å². The van der Waals surface area contributed by atoms with E-state index in [0.717, 1.165) is 17.5 Å². The molecule has 0 unspecified atom stereocenters. The minimum atomic E-state index is -3.46. The maximum atomic E-state index is 12.7. The van der Waals surface area contributed by atoms with Crippen molar-refractivity contribution >= 4 is 9.84 Å². The molecule has 25 heavy (non-hydrogen) atoms. The maximum absolute atomic E-state index is 12.7. The zero-order valence-corrected chi connectivity index (χ0v) is 14.6. The van der Waals surface area contributed by atoms with Gasteiger partial charge >= 0.3 is 0 Å². The van der Waals surface area contributed by atoms with Crippen LogP contribution in [0.4, 0.5) is 0 Å². The van der Waals surface area contributed by atoms with E-state index >= 15 is 0 Å². The first-order valence-corrected chi connectivity index (χ1v) is 9.61. The van der Waals surface area contributed by atoms with Crippen LogP contribution in [-0.4, -0.2) is 18.2 Å². The summed E-state index contributed by atoms with van der Waals surface area (Å²) in [5, 5.41) is 3.99. The lowest BCUT2D eigenvalue weighted by Gasteiger charge is -2.10. The van der Waals surface area contributed by atoms with Gasteiger partial charge in [-0.15, -0.1) is 0 Å². The lowest BCUT2D eigenvalue weighted by atomic mass is 10.1. The third-order valence-corrected chi connectivity index (χ3v) is 5.68.